The van der Waals surface area contributed by atoms with E-state index < -0.39 is 5.92 Å². The van der Waals surface area contributed by atoms with E-state index in [2.05, 4.69) is 5.32 Å². The largest absolute Gasteiger partial charge is 0.495 e. The molecule has 2 amide bonds. The smallest absolute Gasteiger partial charge is 0.227 e. The lowest BCUT2D eigenvalue weighted by Gasteiger charge is -2.20. The fourth-order valence-corrected chi connectivity index (χ4v) is 3.10. The van der Waals surface area contributed by atoms with Gasteiger partial charge in [-0.2, -0.15) is 0 Å². The van der Waals surface area contributed by atoms with Crippen molar-refractivity contribution in [2.45, 2.75) is 19.9 Å². The van der Waals surface area contributed by atoms with Crippen LogP contribution in [0, 0.1) is 18.7 Å². The highest BCUT2D eigenvalue weighted by Gasteiger charge is 2.36. The quantitative estimate of drug-likeness (QED) is 0.896. The maximum absolute atomic E-state index is 13.7. The van der Waals surface area contributed by atoms with Crippen LogP contribution in [0.5, 0.6) is 5.75 Å². The van der Waals surface area contributed by atoms with E-state index in [4.69, 9.17) is 4.74 Å². The third-order valence-corrected chi connectivity index (χ3v) is 4.53. The summed E-state index contributed by atoms with van der Waals surface area (Å²) < 4.78 is 19.0. The number of nitrogens with zero attached hydrogens (tertiary/aromatic N) is 1. The zero-order valence-electron chi connectivity index (χ0n) is 14.8. The number of aryl methyl sites for hydroxylation is 1. The molecule has 0 bridgehead atoms. The van der Waals surface area contributed by atoms with Crippen LogP contribution in [0.1, 0.15) is 17.5 Å². The molecular weight excluding hydrogens is 335 g/mol. The summed E-state index contributed by atoms with van der Waals surface area (Å²) in [4.78, 5) is 26.4. The molecule has 1 N–H and O–H groups in total. The number of rotatable bonds is 5. The van der Waals surface area contributed by atoms with E-state index in [1.807, 2.05) is 25.1 Å². The van der Waals surface area contributed by atoms with Gasteiger partial charge in [-0.25, -0.2) is 4.39 Å². The number of halogens is 1. The van der Waals surface area contributed by atoms with Gasteiger partial charge in [-0.3, -0.25) is 9.59 Å². The molecule has 6 heteroatoms. The zero-order valence-corrected chi connectivity index (χ0v) is 14.8. The SMILES string of the molecule is COc1ccc(C)cc1N1C[C@@H](C(=O)NCc2ccccc2F)CC1=O. The monoisotopic (exact) mass is 356 g/mol. The first-order chi connectivity index (χ1) is 12.5. The Kier molecular flexibility index (Phi) is 5.21. The highest BCUT2D eigenvalue weighted by atomic mass is 19.1. The van der Waals surface area contributed by atoms with E-state index in [9.17, 15) is 14.0 Å². The molecule has 1 aliphatic rings. The van der Waals surface area contributed by atoms with Crippen LogP contribution < -0.4 is 15.0 Å². The molecule has 0 radical (unpaired) electrons. The predicted molar refractivity (Wildman–Crippen MR) is 96.4 cm³/mol. The summed E-state index contributed by atoms with van der Waals surface area (Å²) in [6.07, 6.45) is 0.125. The Bertz CT molecular complexity index is 838. The van der Waals surface area contributed by atoms with E-state index in [-0.39, 0.29) is 37.1 Å². The van der Waals surface area contributed by atoms with Crippen molar-refractivity contribution >= 4 is 17.5 Å². The highest BCUT2D eigenvalue weighted by Crippen LogP contribution is 2.33. The van der Waals surface area contributed by atoms with Crippen molar-refractivity contribution < 1.29 is 18.7 Å². The fraction of sp³-hybridized carbons (Fsp3) is 0.300. The first kappa shape index (κ1) is 17.9. The van der Waals surface area contributed by atoms with Crippen molar-refractivity contribution in [2.24, 2.45) is 5.92 Å². The number of methoxy groups -OCH3 is 1. The van der Waals surface area contributed by atoms with Crippen molar-refractivity contribution in [1.29, 1.82) is 0 Å². The molecule has 0 saturated carbocycles. The van der Waals surface area contributed by atoms with Crippen LogP contribution in [0.15, 0.2) is 42.5 Å². The van der Waals surface area contributed by atoms with Crippen molar-refractivity contribution in [2.75, 3.05) is 18.6 Å². The number of amides is 2. The van der Waals surface area contributed by atoms with Gasteiger partial charge in [0, 0.05) is 25.1 Å². The molecule has 2 aromatic rings. The Morgan fingerprint density at radius 3 is 2.81 bits per heavy atom. The lowest BCUT2D eigenvalue weighted by atomic mass is 10.1. The molecule has 1 heterocycles. The average Bonchev–Trinajstić information content (AvgIpc) is 3.02. The predicted octanol–water partition coefficient (Wildman–Crippen LogP) is 2.81. The first-order valence-corrected chi connectivity index (χ1v) is 8.45. The maximum Gasteiger partial charge on any atom is 0.227 e. The minimum atomic E-state index is -0.473. The molecule has 1 fully saturated rings. The summed E-state index contributed by atoms with van der Waals surface area (Å²) in [7, 11) is 1.55. The first-order valence-electron chi connectivity index (χ1n) is 8.45. The van der Waals surface area contributed by atoms with Gasteiger partial charge in [0.1, 0.15) is 11.6 Å². The molecule has 136 valence electrons. The normalized spacial score (nSPS) is 16.7. The van der Waals surface area contributed by atoms with E-state index in [1.54, 1.807) is 30.2 Å². The third kappa shape index (κ3) is 3.69. The number of carbonyl (C=O) groups is 2. The molecule has 1 aliphatic heterocycles. The van der Waals surface area contributed by atoms with Crippen LogP contribution in [0.2, 0.25) is 0 Å². The van der Waals surface area contributed by atoms with E-state index in [0.29, 0.717) is 17.0 Å². The van der Waals surface area contributed by atoms with Gasteiger partial charge in [0.05, 0.1) is 18.7 Å². The summed E-state index contributed by atoms with van der Waals surface area (Å²) in [6, 6.07) is 11.9. The van der Waals surface area contributed by atoms with Crippen LogP contribution >= 0.6 is 0 Å². The minimum absolute atomic E-state index is 0.101. The molecule has 1 atom stereocenters. The standard InChI is InChI=1S/C20H21FN2O3/c1-13-7-8-18(26-2)17(9-13)23-12-15(10-19(23)24)20(25)22-11-14-5-3-4-6-16(14)21/h3-9,15H,10-12H2,1-2H3,(H,22,25)/t15-/m0/s1. The molecule has 3 rings (SSSR count). The fourth-order valence-electron chi connectivity index (χ4n) is 3.10. The van der Waals surface area contributed by atoms with Crippen molar-refractivity contribution in [3.63, 3.8) is 0 Å². The van der Waals surface area contributed by atoms with Gasteiger partial charge < -0.3 is 15.0 Å². The number of anilines is 1. The maximum atomic E-state index is 13.7. The molecule has 26 heavy (non-hydrogen) atoms. The summed E-state index contributed by atoms with van der Waals surface area (Å²) in [5, 5.41) is 2.73. The van der Waals surface area contributed by atoms with Gasteiger partial charge in [0.15, 0.2) is 0 Å². The molecule has 0 spiro atoms. The highest BCUT2D eigenvalue weighted by molar-refractivity contribution is 6.01. The molecule has 0 aliphatic carbocycles. The second-order valence-corrected chi connectivity index (χ2v) is 6.39. The molecule has 5 nitrogen and oxygen atoms in total. The number of benzene rings is 2. The zero-order chi connectivity index (χ0) is 18.7. The van der Waals surface area contributed by atoms with Crippen LogP contribution in [0.3, 0.4) is 0 Å². The molecule has 2 aromatic carbocycles. The summed E-state index contributed by atoms with van der Waals surface area (Å²) in [6.45, 7) is 2.31. The number of hydrogen-bond donors (Lipinski definition) is 1. The number of hydrogen-bond acceptors (Lipinski definition) is 3. The van der Waals surface area contributed by atoms with Crippen molar-refractivity contribution in [3.8, 4) is 5.75 Å². The topological polar surface area (TPSA) is 58.6 Å². The van der Waals surface area contributed by atoms with Crippen molar-refractivity contribution in [1.82, 2.24) is 5.32 Å². The lowest BCUT2D eigenvalue weighted by molar-refractivity contribution is -0.126. The molecular formula is C20H21FN2O3. The Morgan fingerprint density at radius 2 is 2.08 bits per heavy atom. The molecule has 0 aromatic heterocycles. The van der Waals surface area contributed by atoms with E-state index in [0.717, 1.165) is 5.56 Å². The van der Waals surface area contributed by atoms with Gasteiger partial charge >= 0.3 is 0 Å². The molecule has 0 unspecified atom stereocenters. The minimum Gasteiger partial charge on any atom is -0.495 e. The number of nitrogens with one attached hydrogen (secondary N) is 1. The Morgan fingerprint density at radius 1 is 1.31 bits per heavy atom. The van der Waals surface area contributed by atoms with Crippen LogP contribution in [0.4, 0.5) is 10.1 Å². The van der Waals surface area contributed by atoms with Crippen molar-refractivity contribution in [3.05, 3.63) is 59.4 Å². The van der Waals surface area contributed by atoms with Crippen LogP contribution in [-0.2, 0) is 16.1 Å². The Hall–Kier alpha value is -2.89. The third-order valence-electron chi connectivity index (χ3n) is 4.53. The van der Waals surface area contributed by atoms with Gasteiger partial charge in [-0.15, -0.1) is 0 Å². The second kappa shape index (κ2) is 7.56. The summed E-state index contributed by atoms with van der Waals surface area (Å²) >= 11 is 0. The van der Waals surface area contributed by atoms with E-state index >= 15 is 0 Å². The average molecular weight is 356 g/mol. The number of ether oxygens (including phenoxy) is 1. The molecule has 1 saturated heterocycles. The van der Waals surface area contributed by atoms with E-state index in [1.165, 1.54) is 6.07 Å². The van der Waals surface area contributed by atoms with Crippen LogP contribution in [-0.4, -0.2) is 25.5 Å². The van der Waals surface area contributed by atoms with Gasteiger partial charge in [-0.1, -0.05) is 24.3 Å². The number of carbonyl (C=O) groups excluding carboxylic acids is 2. The summed E-state index contributed by atoms with van der Waals surface area (Å²) in [5.74, 6) is -0.618. The Balaban J connectivity index is 1.69. The summed E-state index contributed by atoms with van der Waals surface area (Å²) in [5.41, 5.74) is 2.09. The van der Waals surface area contributed by atoms with Gasteiger partial charge in [0.2, 0.25) is 11.8 Å². The van der Waals surface area contributed by atoms with Gasteiger partial charge in [0.25, 0.3) is 0 Å². The Labute approximate surface area is 151 Å². The second-order valence-electron chi connectivity index (χ2n) is 6.39. The lowest BCUT2D eigenvalue weighted by Crippen LogP contribution is -2.33. The van der Waals surface area contributed by atoms with Crippen LogP contribution in [0.25, 0.3) is 0 Å². The van der Waals surface area contributed by atoms with Gasteiger partial charge in [-0.05, 0) is 30.7 Å².